The molecular weight excluding hydrogens is 211 g/mol. The monoisotopic (exact) mass is 221 g/mol. The highest BCUT2D eigenvalue weighted by molar-refractivity contribution is 5.47. The highest BCUT2D eigenvalue weighted by Gasteiger charge is 2.39. The molecular formula is C9H10F3NO2. The van der Waals surface area contributed by atoms with E-state index in [0.717, 1.165) is 6.07 Å². The number of rotatable bonds is 2. The van der Waals surface area contributed by atoms with E-state index < -0.39 is 23.5 Å². The fourth-order valence-corrected chi connectivity index (χ4v) is 1.13. The molecule has 0 aliphatic carbocycles. The van der Waals surface area contributed by atoms with Crippen LogP contribution < -0.4 is 10.5 Å². The predicted octanol–water partition coefficient (Wildman–Crippen LogP) is 1.96. The minimum Gasteiger partial charge on any atom is -0.504 e. The van der Waals surface area contributed by atoms with E-state index in [-0.39, 0.29) is 5.75 Å². The van der Waals surface area contributed by atoms with E-state index in [1.165, 1.54) is 19.2 Å². The first-order valence-corrected chi connectivity index (χ1v) is 4.06. The summed E-state index contributed by atoms with van der Waals surface area (Å²) in [5.41, 5.74) is 4.55. The van der Waals surface area contributed by atoms with E-state index in [0.29, 0.717) is 0 Å². The molecule has 0 spiro atoms. The van der Waals surface area contributed by atoms with Crippen molar-refractivity contribution in [3.05, 3.63) is 23.8 Å². The standard InChI is InChI=1S/C9H10F3NO2/c1-15-6-4-2-3-5(7(6)14)8(13)9(10,11)12/h2-4,8,14H,13H2,1H3/t8-/m0/s1. The van der Waals surface area contributed by atoms with Crippen LogP contribution in [0, 0.1) is 0 Å². The third-order valence-electron chi connectivity index (χ3n) is 1.94. The molecule has 0 bridgehead atoms. The minimum atomic E-state index is -4.59. The SMILES string of the molecule is COc1cccc([C@H](N)C(F)(F)F)c1O. The van der Waals surface area contributed by atoms with Gasteiger partial charge in [0.05, 0.1) is 7.11 Å². The highest BCUT2D eigenvalue weighted by atomic mass is 19.4. The van der Waals surface area contributed by atoms with Gasteiger partial charge >= 0.3 is 6.18 Å². The highest BCUT2D eigenvalue weighted by Crippen LogP contribution is 2.39. The number of phenols is 1. The Hall–Kier alpha value is -1.43. The Morgan fingerprint density at radius 2 is 2.00 bits per heavy atom. The van der Waals surface area contributed by atoms with Gasteiger partial charge < -0.3 is 15.6 Å². The maximum atomic E-state index is 12.3. The van der Waals surface area contributed by atoms with Crippen LogP contribution in [0.2, 0.25) is 0 Å². The summed E-state index contributed by atoms with van der Waals surface area (Å²) in [5, 5.41) is 9.42. The first-order valence-electron chi connectivity index (χ1n) is 4.06. The number of methoxy groups -OCH3 is 1. The van der Waals surface area contributed by atoms with Crippen molar-refractivity contribution in [2.75, 3.05) is 7.11 Å². The van der Waals surface area contributed by atoms with Crippen LogP contribution in [0.5, 0.6) is 11.5 Å². The topological polar surface area (TPSA) is 55.5 Å². The summed E-state index contributed by atoms with van der Waals surface area (Å²) in [5.74, 6) is -0.614. The number of phenolic OH excluding ortho intramolecular Hbond substituents is 1. The lowest BCUT2D eigenvalue weighted by Crippen LogP contribution is -2.28. The quantitative estimate of drug-likeness (QED) is 0.802. The van der Waals surface area contributed by atoms with Crippen LogP contribution in [0.15, 0.2) is 18.2 Å². The largest absolute Gasteiger partial charge is 0.504 e. The normalized spacial score (nSPS) is 13.7. The Labute approximate surface area is 84.3 Å². The Balaban J connectivity index is 3.15. The molecule has 0 aliphatic heterocycles. The van der Waals surface area contributed by atoms with E-state index in [9.17, 15) is 18.3 Å². The zero-order valence-electron chi connectivity index (χ0n) is 7.88. The van der Waals surface area contributed by atoms with E-state index >= 15 is 0 Å². The number of hydrogen-bond donors (Lipinski definition) is 2. The third kappa shape index (κ3) is 2.33. The van der Waals surface area contributed by atoms with Gasteiger partial charge in [0.2, 0.25) is 0 Å². The molecule has 0 saturated carbocycles. The van der Waals surface area contributed by atoms with E-state index in [1.54, 1.807) is 0 Å². The molecule has 0 saturated heterocycles. The van der Waals surface area contributed by atoms with Crippen molar-refractivity contribution >= 4 is 0 Å². The van der Waals surface area contributed by atoms with Gasteiger partial charge in [-0.1, -0.05) is 12.1 Å². The van der Waals surface area contributed by atoms with E-state index in [2.05, 4.69) is 4.74 Å². The lowest BCUT2D eigenvalue weighted by Gasteiger charge is -2.17. The lowest BCUT2D eigenvalue weighted by atomic mass is 10.1. The van der Waals surface area contributed by atoms with Crippen LogP contribution in [0.25, 0.3) is 0 Å². The predicted molar refractivity (Wildman–Crippen MR) is 47.6 cm³/mol. The second-order valence-electron chi connectivity index (χ2n) is 2.92. The number of aromatic hydroxyl groups is 1. The summed E-state index contributed by atoms with van der Waals surface area (Å²) in [6.45, 7) is 0. The molecule has 84 valence electrons. The number of benzene rings is 1. The van der Waals surface area contributed by atoms with Gasteiger partial charge in [0.25, 0.3) is 0 Å². The van der Waals surface area contributed by atoms with Gasteiger partial charge in [0.15, 0.2) is 11.5 Å². The van der Waals surface area contributed by atoms with Crippen LogP contribution in [-0.2, 0) is 0 Å². The zero-order valence-corrected chi connectivity index (χ0v) is 7.88. The molecule has 1 aromatic carbocycles. The maximum absolute atomic E-state index is 12.3. The molecule has 6 heteroatoms. The molecule has 3 nitrogen and oxygen atoms in total. The van der Waals surface area contributed by atoms with Gasteiger partial charge in [-0.05, 0) is 6.07 Å². The Morgan fingerprint density at radius 3 is 2.47 bits per heavy atom. The number of ether oxygens (including phenoxy) is 1. The maximum Gasteiger partial charge on any atom is 0.407 e. The van der Waals surface area contributed by atoms with Crippen molar-refractivity contribution in [3.63, 3.8) is 0 Å². The summed E-state index contributed by atoms with van der Waals surface area (Å²) in [7, 11) is 1.25. The molecule has 1 rings (SSSR count). The van der Waals surface area contributed by atoms with Gasteiger partial charge in [0, 0.05) is 5.56 Å². The second kappa shape index (κ2) is 3.98. The molecule has 15 heavy (non-hydrogen) atoms. The van der Waals surface area contributed by atoms with Crippen LogP contribution in [0.1, 0.15) is 11.6 Å². The van der Waals surface area contributed by atoms with Crippen molar-refractivity contribution in [2.45, 2.75) is 12.2 Å². The molecule has 1 atom stereocenters. The third-order valence-corrected chi connectivity index (χ3v) is 1.94. The number of alkyl halides is 3. The Bertz CT molecular complexity index is 352. The van der Waals surface area contributed by atoms with Gasteiger partial charge in [0.1, 0.15) is 6.04 Å². The van der Waals surface area contributed by atoms with Crippen molar-refractivity contribution in [1.29, 1.82) is 0 Å². The van der Waals surface area contributed by atoms with Crippen molar-refractivity contribution in [1.82, 2.24) is 0 Å². The first-order chi connectivity index (χ1) is 6.88. The van der Waals surface area contributed by atoms with Gasteiger partial charge in [-0.25, -0.2) is 0 Å². The zero-order chi connectivity index (χ0) is 11.6. The van der Waals surface area contributed by atoms with Crippen molar-refractivity contribution in [3.8, 4) is 11.5 Å². The fraction of sp³-hybridized carbons (Fsp3) is 0.333. The first kappa shape index (κ1) is 11.6. The van der Waals surface area contributed by atoms with Gasteiger partial charge in [-0.15, -0.1) is 0 Å². The number of hydrogen-bond acceptors (Lipinski definition) is 3. The molecule has 0 aliphatic rings. The smallest absolute Gasteiger partial charge is 0.407 e. The molecule has 0 unspecified atom stereocenters. The summed E-state index contributed by atoms with van der Waals surface area (Å²) in [6, 6.07) is 1.57. The summed E-state index contributed by atoms with van der Waals surface area (Å²) in [4.78, 5) is 0. The molecule has 3 N–H and O–H groups in total. The Morgan fingerprint density at radius 1 is 1.40 bits per heavy atom. The van der Waals surface area contributed by atoms with Gasteiger partial charge in [-0.2, -0.15) is 13.2 Å². The van der Waals surface area contributed by atoms with Crippen molar-refractivity contribution in [2.24, 2.45) is 5.73 Å². The molecule has 0 heterocycles. The Kier molecular flexibility index (Phi) is 3.09. The van der Waals surface area contributed by atoms with Crippen molar-refractivity contribution < 1.29 is 23.0 Å². The molecule has 1 aromatic rings. The van der Waals surface area contributed by atoms with Crippen LogP contribution in [-0.4, -0.2) is 18.4 Å². The van der Waals surface area contributed by atoms with Gasteiger partial charge in [-0.3, -0.25) is 0 Å². The molecule has 0 fully saturated rings. The number of nitrogens with two attached hydrogens (primary N) is 1. The summed E-state index contributed by atoms with van der Waals surface area (Å²) < 4.78 is 41.5. The number of para-hydroxylation sites is 1. The average molecular weight is 221 g/mol. The van der Waals surface area contributed by atoms with Crippen LogP contribution in [0.3, 0.4) is 0 Å². The van der Waals surface area contributed by atoms with Crippen LogP contribution in [0.4, 0.5) is 13.2 Å². The van der Waals surface area contributed by atoms with Crippen LogP contribution >= 0.6 is 0 Å². The minimum absolute atomic E-state index is 0.0350. The summed E-state index contributed by atoms with van der Waals surface area (Å²) >= 11 is 0. The van der Waals surface area contributed by atoms with E-state index in [4.69, 9.17) is 5.73 Å². The molecule has 0 aromatic heterocycles. The molecule has 0 amide bonds. The van der Waals surface area contributed by atoms with E-state index in [1.807, 2.05) is 0 Å². The summed E-state index contributed by atoms with van der Waals surface area (Å²) in [6.07, 6.45) is -4.59. The second-order valence-corrected chi connectivity index (χ2v) is 2.92. The number of halogens is 3. The average Bonchev–Trinajstić information content (AvgIpc) is 2.16. The lowest BCUT2D eigenvalue weighted by molar-refractivity contribution is -0.149. The molecule has 0 radical (unpaired) electrons. The fourth-order valence-electron chi connectivity index (χ4n) is 1.13.